The number of hydrogen-bond acceptors (Lipinski definition) is 3. The van der Waals surface area contributed by atoms with E-state index in [2.05, 4.69) is 5.32 Å². The maximum atomic E-state index is 10.8. The Morgan fingerprint density at radius 1 is 1.39 bits per heavy atom. The van der Waals surface area contributed by atoms with Crippen LogP contribution in [0.3, 0.4) is 0 Å². The van der Waals surface area contributed by atoms with Crippen molar-refractivity contribution >= 4 is 12.4 Å². The van der Waals surface area contributed by atoms with Crippen molar-refractivity contribution in [3.63, 3.8) is 0 Å². The molecule has 2 N–H and O–H groups in total. The molecule has 1 aromatic carbocycles. The summed E-state index contributed by atoms with van der Waals surface area (Å²) in [5.41, 5.74) is -0.794. The van der Waals surface area contributed by atoms with Crippen molar-refractivity contribution in [1.82, 2.24) is 5.32 Å². The molecule has 1 heterocycles. The molecule has 0 amide bonds. The minimum Gasteiger partial charge on any atom is -0.361 e. The maximum Gasteiger partial charge on any atom is 0.208 e. The molecule has 2 rings (SSSR count). The third kappa shape index (κ3) is 2.86. The van der Waals surface area contributed by atoms with Gasteiger partial charge >= 0.3 is 0 Å². The molecule has 0 radical (unpaired) electrons. The molecule has 2 atom stereocenters. The second-order valence-corrected chi connectivity index (χ2v) is 4.62. The van der Waals surface area contributed by atoms with Gasteiger partial charge < -0.3 is 15.2 Å². The van der Waals surface area contributed by atoms with Crippen LogP contribution in [0.2, 0.25) is 0 Å². The predicted molar refractivity (Wildman–Crippen MR) is 75.0 cm³/mol. The van der Waals surface area contributed by atoms with E-state index >= 15 is 0 Å². The van der Waals surface area contributed by atoms with Crippen molar-refractivity contribution in [2.45, 2.75) is 44.9 Å². The van der Waals surface area contributed by atoms with Gasteiger partial charge in [-0.15, -0.1) is 12.4 Å². The third-order valence-electron chi connectivity index (χ3n) is 3.02. The molecule has 2 unspecified atom stereocenters. The molecule has 0 aromatic heterocycles. The number of rotatable bonds is 1. The van der Waals surface area contributed by atoms with Gasteiger partial charge in [0.05, 0.1) is 12.6 Å². The van der Waals surface area contributed by atoms with Crippen LogP contribution >= 0.6 is 12.4 Å². The molecule has 1 aliphatic rings. The summed E-state index contributed by atoms with van der Waals surface area (Å²) >= 11 is 0. The number of hydrogen-bond donors (Lipinski definition) is 2. The van der Waals surface area contributed by atoms with Crippen LogP contribution in [0, 0.1) is 6.92 Å². The average molecular weight is 278 g/mol. The highest BCUT2D eigenvalue weighted by molar-refractivity contribution is 5.85. The Hall–Kier alpha value is -0.610. The molecule has 1 fully saturated rings. The van der Waals surface area contributed by atoms with Gasteiger partial charge in [-0.3, -0.25) is 0 Å². The van der Waals surface area contributed by atoms with Crippen LogP contribution in [-0.4, -0.2) is 23.3 Å². The number of halogens is 1. The van der Waals surface area contributed by atoms with Crippen LogP contribution < -0.4 is 5.32 Å². The molecular weight excluding hydrogens is 250 g/mol. The van der Waals surface area contributed by atoms with Crippen LogP contribution in [0.5, 0.6) is 0 Å². The van der Waals surface area contributed by atoms with E-state index in [4.69, 9.17) is 13.0 Å². The molecule has 1 aliphatic heterocycles. The Kier molecular flexibility index (Phi) is 2.45. The molecule has 1 aromatic rings. The normalized spacial score (nSPS) is 36.9. The summed E-state index contributed by atoms with van der Waals surface area (Å²) in [6.45, 7) is -2.90. The molecule has 18 heavy (non-hydrogen) atoms. The SMILES string of the molecule is Cl.[2H]C([2H])([2H])C1(C([2H])([2H])[2H])COC(O)(c2ccc(C)cc2)C(C)N1. The van der Waals surface area contributed by atoms with Crippen molar-refractivity contribution in [3.8, 4) is 0 Å². The Morgan fingerprint density at radius 2 is 2.00 bits per heavy atom. The van der Waals surface area contributed by atoms with Gasteiger partial charge in [-0.1, -0.05) is 29.8 Å². The predicted octanol–water partition coefficient (Wildman–Crippen LogP) is 2.35. The lowest BCUT2D eigenvalue weighted by Crippen LogP contribution is -2.63. The first-order chi connectivity index (χ1) is 10.3. The zero-order valence-corrected chi connectivity index (χ0v) is 11.2. The minimum atomic E-state index is -2.82. The highest BCUT2D eigenvalue weighted by Crippen LogP contribution is 2.32. The topological polar surface area (TPSA) is 41.5 Å². The Labute approximate surface area is 123 Å². The van der Waals surface area contributed by atoms with E-state index in [0.29, 0.717) is 5.56 Å². The summed E-state index contributed by atoms with van der Waals surface area (Å²) in [7, 11) is 0. The highest BCUT2D eigenvalue weighted by atomic mass is 35.5. The molecule has 1 saturated heterocycles. The van der Waals surface area contributed by atoms with Crippen LogP contribution in [-0.2, 0) is 10.5 Å². The van der Waals surface area contributed by atoms with Crippen LogP contribution in [0.15, 0.2) is 24.3 Å². The summed E-state index contributed by atoms with van der Waals surface area (Å²) < 4.78 is 51.2. The summed E-state index contributed by atoms with van der Waals surface area (Å²) in [5.74, 6) is -1.80. The molecule has 102 valence electrons. The monoisotopic (exact) mass is 277 g/mol. The number of aliphatic hydroxyl groups is 1. The lowest BCUT2D eigenvalue weighted by Gasteiger charge is -2.46. The number of ether oxygens (including phenoxy) is 1. The van der Waals surface area contributed by atoms with E-state index in [1.807, 2.05) is 6.92 Å². The maximum absolute atomic E-state index is 10.8. The molecule has 0 aliphatic carbocycles. The quantitative estimate of drug-likeness (QED) is 0.828. The van der Waals surface area contributed by atoms with E-state index in [-0.39, 0.29) is 12.4 Å². The van der Waals surface area contributed by atoms with Gasteiger partial charge in [0.25, 0.3) is 0 Å². The molecule has 0 bridgehead atoms. The molecular formula is C14H22ClNO2. The number of nitrogens with one attached hydrogen (secondary N) is 1. The number of aryl methyl sites for hydroxylation is 1. The number of morpholine rings is 1. The smallest absolute Gasteiger partial charge is 0.208 e. The van der Waals surface area contributed by atoms with Gasteiger partial charge in [0.15, 0.2) is 0 Å². The van der Waals surface area contributed by atoms with Gasteiger partial charge in [-0.05, 0) is 27.6 Å². The second-order valence-electron chi connectivity index (χ2n) is 4.62. The van der Waals surface area contributed by atoms with Gasteiger partial charge in [-0.25, -0.2) is 0 Å². The van der Waals surface area contributed by atoms with E-state index < -0.39 is 37.7 Å². The lowest BCUT2D eigenvalue weighted by atomic mass is 9.92. The second kappa shape index (κ2) is 5.17. The Morgan fingerprint density at radius 3 is 2.50 bits per heavy atom. The van der Waals surface area contributed by atoms with Crippen LogP contribution in [0.4, 0.5) is 0 Å². The standard InChI is InChI=1S/C14H21NO2.ClH/c1-10-5-7-12(8-6-10)14(16)11(2)15-13(3,4)9-17-14;/h5-8,11,15-16H,9H2,1-4H3;1H/i3D3,4D3;. The van der Waals surface area contributed by atoms with Crippen molar-refractivity contribution in [2.75, 3.05) is 6.61 Å². The van der Waals surface area contributed by atoms with E-state index in [0.717, 1.165) is 5.56 Å². The van der Waals surface area contributed by atoms with Gasteiger partial charge in [0, 0.05) is 19.3 Å². The van der Waals surface area contributed by atoms with E-state index in [1.165, 1.54) is 6.92 Å². The van der Waals surface area contributed by atoms with Crippen LogP contribution in [0.1, 0.15) is 40.0 Å². The molecule has 0 spiro atoms. The summed E-state index contributed by atoms with van der Waals surface area (Å²) in [5, 5.41) is 13.4. The Balaban J connectivity index is 0.00000288. The fourth-order valence-corrected chi connectivity index (χ4v) is 1.98. The first-order valence-electron chi connectivity index (χ1n) is 8.55. The van der Waals surface area contributed by atoms with E-state index in [9.17, 15) is 5.11 Å². The third-order valence-corrected chi connectivity index (χ3v) is 3.02. The van der Waals surface area contributed by atoms with Gasteiger partial charge in [0.2, 0.25) is 5.79 Å². The zero-order chi connectivity index (χ0) is 17.7. The molecule has 4 heteroatoms. The average Bonchev–Trinajstić information content (AvgIpc) is 2.40. The van der Waals surface area contributed by atoms with Crippen molar-refractivity contribution in [1.29, 1.82) is 0 Å². The van der Waals surface area contributed by atoms with Crippen LogP contribution in [0.25, 0.3) is 0 Å². The van der Waals surface area contributed by atoms with Crippen molar-refractivity contribution < 1.29 is 18.1 Å². The van der Waals surface area contributed by atoms with Gasteiger partial charge in [-0.2, -0.15) is 0 Å². The fourth-order valence-electron chi connectivity index (χ4n) is 1.98. The van der Waals surface area contributed by atoms with E-state index in [1.54, 1.807) is 24.3 Å². The summed E-state index contributed by atoms with van der Waals surface area (Å²) in [6, 6.07) is 5.99. The largest absolute Gasteiger partial charge is 0.361 e. The number of benzene rings is 1. The molecule has 3 nitrogen and oxygen atoms in total. The minimum absolute atomic E-state index is 0. The van der Waals surface area contributed by atoms with Crippen molar-refractivity contribution in [2.24, 2.45) is 0 Å². The zero-order valence-electron chi connectivity index (χ0n) is 16.4. The first kappa shape index (κ1) is 8.54. The highest BCUT2D eigenvalue weighted by Gasteiger charge is 2.44. The Bertz CT molecular complexity index is 560. The van der Waals surface area contributed by atoms with Gasteiger partial charge in [0.1, 0.15) is 0 Å². The first-order valence-corrected chi connectivity index (χ1v) is 5.55. The summed E-state index contributed by atoms with van der Waals surface area (Å²) in [6.07, 6.45) is 0. The van der Waals surface area contributed by atoms with Crippen molar-refractivity contribution in [3.05, 3.63) is 35.4 Å². The lowest BCUT2D eigenvalue weighted by molar-refractivity contribution is -0.263. The summed E-state index contributed by atoms with van der Waals surface area (Å²) in [4.78, 5) is 0. The fraction of sp³-hybridized carbons (Fsp3) is 0.571. The molecule has 0 saturated carbocycles.